The van der Waals surface area contributed by atoms with E-state index in [-0.39, 0.29) is 18.0 Å². The van der Waals surface area contributed by atoms with Gasteiger partial charge in [0.05, 0.1) is 13.7 Å². The summed E-state index contributed by atoms with van der Waals surface area (Å²) in [6, 6.07) is 6.65. The van der Waals surface area contributed by atoms with Gasteiger partial charge in [-0.25, -0.2) is 4.79 Å². The highest BCUT2D eigenvalue weighted by atomic mass is 16.5. The van der Waals surface area contributed by atoms with E-state index < -0.39 is 0 Å². The van der Waals surface area contributed by atoms with Crippen LogP contribution in [0.4, 0.5) is 4.79 Å². The second-order valence-electron chi connectivity index (χ2n) is 5.40. The smallest absolute Gasteiger partial charge is 0.325 e. The number of carbonyl (C=O) groups is 2. The maximum atomic E-state index is 12.2. The van der Waals surface area contributed by atoms with Gasteiger partial charge in [-0.05, 0) is 30.0 Å². The molecule has 1 N–H and O–H groups in total. The van der Waals surface area contributed by atoms with E-state index in [1.54, 1.807) is 7.11 Å². The number of amides is 3. The molecule has 1 aromatic rings. The SMILES string of the molecule is COc1ccc(CN2C(=O)NC(CC(C)C)C2=O)cc1. The van der Waals surface area contributed by atoms with E-state index in [1.807, 2.05) is 38.1 Å². The third-order valence-electron chi connectivity index (χ3n) is 3.31. The van der Waals surface area contributed by atoms with Crippen LogP contribution in [0.2, 0.25) is 0 Å². The molecule has 1 saturated heterocycles. The summed E-state index contributed by atoms with van der Waals surface area (Å²) in [6.45, 7) is 4.36. The van der Waals surface area contributed by atoms with E-state index in [2.05, 4.69) is 5.32 Å². The van der Waals surface area contributed by atoms with Crippen molar-refractivity contribution >= 4 is 11.9 Å². The van der Waals surface area contributed by atoms with Gasteiger partial charge in [0.2, 0.25) is 0 Å². The Balaban J connectivity index is 2.04. The topological polar surface area (TPSA) is 58.6 Å². The first-order chi connectivity index (χ1) is 9.51. The fourth-order valence-corrected chi connectivity index (χ4v) is 2.27. The quantitative estimate of drug-likeness (QED) is 0.838. The van der Waals surface area contributed by atoms with Crippen molar-refractivity contribution in [3.63, 3.8) is 0 Å². The van der Waals surface area contributed by atoms with Crippen LogP contribution in [-0.4, -0.2) is 30.0 Å². The molecule has 5 nitrogen and oxygen atoms in total. The number of hydrogen-bond donors (Lipinski definition) is 1. The molecule has 0 spiro atoms. The first-order valence-electron chi connectivity index (χ1n) is 6.76. The first kappa shape index (κ1) is 14.4. The van der Waals surface area contributed by atoms with Gasteiger partial charge in [0.1, 0.15) is 11.8 Å². The Hall–Kier alpha value is -2.04. The number of benzene rings is 1. The average Bonchev–Trinajstić information content (AvgIpc) is 2.66. The summed E-state index contributed by atoms with van der Waals surface area (Å²) < 4.78 is 5.08. The normalized spacial score (nSPS) is 18.6. The lowest BCUT2D eigenvalue weighted by atomic mass is 10.0. The van der Waals surface area contributed by atoms with Crippen molar-refractivity contribution < 1.29 is 14.3 Å². The maximum absolute atomic E-state index is 12.2. The molecule has 0 radical (unpaired) electrons. The minimum Gasteiger partial charge on any atom is -0.497 e. The molecule has 0 aromatic heterocycles. The Morgan fingerprint density at radius 1 is 1.25 bits per heavy atom. The number of hydrogen-bond acceptors (Lipinski definition) is 3. The van der Waals surface area contributed by atoms with Crippen LogP contribution in [0, 0.1) is 5.92 Å². The summed E-state index contributed by atoms with van der Waals surface area (Å²) >= 11 is 0. The second kappa shape index (κ2) is 5.94. The van der Waals surface area contributed by atoms with Crippen LogP contribution in [0.5, 0.6) is 5.75 Å². The molecule has 108 valence electrons. The molecule has 20 heavy (non-hydrogen) atoms. The lowest BCUT2D eigenvalue weighted by Crippen LogP contribution is -2.31. The Labute approximate surface area is 118 Å². The molecule has 1 atom stereocenters. The van der Waals surface area contributed by atoms with Crippen LogP contribution < -0.4 is 10.1 Å². The van der Waals surface area contributed by atoms with Gasteiger partial charge in [-0.1, -0.05) is 26.0 Å². The van der Waals surface area contributed by atoms with Gasteiger partial charge in [-0.3, -0.25) is 9.69 Å². The Morgan fingerprint density at radius 2 is 1.90 bits per heavy atom. The Morgan fingerprint density at radius 3 is 2.45 bits per heavy atom. The van der Waals surface area contributed by atoms with Gasteiger partial charge in [-0.15, -0.1) is 0 Å². The zero-order valence-corrected chi connectivity index (χ0v) is 12.1. The summed E-state index contributed by atoms with van der Waals surface area (Å²) in [7, 11) is 1.60. The van der Waals surface area contributed by atoms with Gasteiger partial charge in [0.15, 0.2) is 0 Å². The van der Waals surface area contributed by atoms with Crippen molar-refractivity contribution in [3.05, 3.63) is 29.8 Å². The molecule has 1 aromatic carbocycles. The molecular weight excluding hydrogens is 256 g/mol. The molecular formula is C15H20N2O3. The molecule has 0 bridgehead atoms. The van der Waals surface area contributed by atoms with Crippen molar-refractivity contribution in [2.75, 3.05) is 7.11 Å². The highest BCUT2D eigenvalue weighted by Gasteiger charge is 2.37. The highest BCUT2D eigenvalue weighted by Crippen LogP contribution is 2.18. The van der Waals surface area contributed by atoms with Gasteiger partial charge in [0, 0.05) is 0 Å². The first-order valence-corrected chi connectivity index (χ1v) is 6.76. The van der Waals surface area contributed by atoms with E-state index in [9.17, 15) is 9.59 Å². The van der Waals surface area contributed by atoms with Crippen molar-refractivity contribution in [1.29, 1.82) is 0 Å². The lowest BCUT2D eigenvalue weighted by Gasteiger charge is -2.14. The summed E-state index contributed by atoms with van der Waals surface area (Å²) in [5, 5.41) is 2.74. The second-order valence-corrected chi connectivity index (χ2v) is 5.40. The number of imide groups is 1. The standard InChI is InChI=1S/C15H20N2O3/c1-10(2)8-13-14(18)17(15(19)16-13)9-11-4-6-12(20-3)7-5-11/h4-7,10,13H,8-9H2,1-3H3,(H,16,19). The molecule has 0 saturated carbocycles. The molecule has 1 aliphatic heterocycles. The summed E-state index contributed by atoms with van der Waals surface area (Å²) in [5.74, 6) is 0.980. The number of carbonyl (C=O) groups excluding carboxylic acids is 2. The average molecular weight is 276 g/mol. The fraction of sp³-hybridized carbons (Fsp3) is 0.467. The number of nitrogens with zero attached hydrogens (tertiary/aromatic N) is 1. The van der Waals surface area contributed by atoms with E-state index >= 15 is 0 Å². The molecule has 5 heteroatoms. The Kier molecular flexibility index (Phi) is 4.27. The minimum absolute atomic E-state index is 0.139. The van der Waals surface area contributed by atoms with Gasteiger partial charge in [-0.2, -0.15) is 0 Å². The number of urea groups is 1. The zero-order chi connectivity index (χ0) is 14.7. The molecule has 1 aliphatic rings. The van der Waals surface area contributed by atoms with Crippen molar-refractivity contribution in [1.82, 2.24) is 10.2 Å². The van der Waals surface area contributed by atoms with Crippen molar-refractivity contribution in [3.8, 4) is 5.75 Å². The Bertz CT molecular complexity index is 496. The molecule has 2 rings (SSSR count). The number of nitrogens with one attached hydrogen (secondary N) is 1. The van der Waals surface area contributed by atoms with Gasteiger partial charge >= 0.3 is 6.03 Å². The molecule has 1 unspecified atom stereocenters. The largest absolute Gasteiger partial charge is 0.497 e. The summed E-state index contributed by atoms with van der Waals surface area (Å²) in [4.78, 5) is 25.3. The number of methoxy groups -OCH3 is 1. The minimum atomic E-state index is -0.388. The molecule has 3 amide bonds. The van der Waals surface area contributed by atoms with E-state index in [0.29, 0.717) is 18.9 Å². The van der Waals surface area contributed by atoms with Gasteiger partial charge in [0.25, 0.3) is 5.91 Å². The van der Waals surface area contributed by atoms with Crippen molar-refractivity contribution in [2.45, 2.75) is 32.9 Å². The summed E-state index contributed by atoms with van der Waals surface area (Å²) in [6.07, 6.45) is 0.670. The molecule has 1 fully saturated rings. The van der Waals surface area contributed by atoms with Gasteiger partial charge < -0.3 is 10.1 Å². The third-order valence-corrected chi connectivity index (χ3v) is 3.31. The number of ether oxygens (including phenoxy) is 1. The van der Waals surface area contributed by atoms with E-state index in [1.165, 1.54) is 4.90 Å². The van der Waals surface area contributed by atoms with Crippen LogP contribution in [0.3, 0.4) is 0 Å². The molecule has 0 aliphatic carbocycles. The van der Waals surface area contributed by atoms with Crippen LogP contribution in [0.15, 0.2) is 24.3 Å². The highest BCUT2D eigenvalue weighted by molar-refractivity contribution is 6.04. The zero-order valence-electron chi connectivity index (χ0n) is 12.1. The lowest BCUT2D eigenvalue weighted by molar-refractivity contribution is -0.128. The maximum Gasteiger partial charge on any atom is 0.325 e. The van der Waals surface area contributed by atoms with Crippen LogP contribution in [0.1, 0.15) is 25.8 Å². The number of rotatable bonds is 5. The summed E-state index contributed by atoms with van der Waals surface area (Å²) in [5.41, 5.74) is 0.902. The van der Waals surface area contributed by atoms with Crippen LogP contribution >= 0.6 is 0 Å². The van der Waals surface area contributed by atoms with E-state index in [0.717, 1.165) is 11.3 Å². The van der Waals surface area contributed by atoms with Crippen LogP contribution in [-0.2, 0) is 11.3 Å². The predicted molar refractivity (Wildman–Crippen MR) is 75.3 cm³/mol. The van der Waals surface area contributed by atoms with Crippen molar-refractivity contribution in [2.24, 2.45) is 5.92 Å². The van der Waals surface area contributed by atoms with E-state index in [4.69, 9.17) is 4.74 Å². The monoisotopic (exact) mass is 276 g/mol. The third kappa shape index (κ3) is 3.10. The molecule has 1 heterocycles. The van der Waals surface area contributed by atoms with Crippen LogP contribution in [0.25, 0.3) is 0 Å². The predicted octanol–water partition coefficient (Wildman–Crippen LogP) is 2.16. The fourth-order valence-electron chi connectivity index (χ4n) is 2.27.